The second kappa shape index (κ2) is 9.30. The Balaban J connectivity index is 1.59. The zero-order valence-corrected chi connectivity index (χ0v) is 18.5. The number of carbonyl (C=O) groups excluding carboxylic acids is 2. The molecule has 7 nitrogen and oxygen atoms in total. The number of anilines is 1. The molecular weight excluding hydrogens is 473 g/mol. The molecule has 1 aromatic carbocycles. The van der Waals surface area contributed by atoms with Gasteiger partial charge in [0.25, 0.3) is 11.8 Å². The molecule has 0 bridgehead atoms. The number of fused-ring (bicyclic) bond motifs is 1. The van der Waals surface area contributed by atoms with Gasteiger partial charge in [-0.3, -0.25) is 14.6 Å². The Hall–Kier alpha value is -3.66. The van der Waals surface area contributed by atoms with E-state index in [-0.39, 0.29) is 16.5 Å². The minimum atomic E-state index is -4.59. The number of benzene rings is 1. The first-order valence-electron chi connectivity index (χ1n) is 10.2. The van der Waals surface area contributed by atoms with Crippen LogP contribution in [0.25, 0.3) is 0 Å². The SMILES string of the molecule is Cc1c(C(=O)Nc2cc(C(F)(F)F)ccc2Cl)oc2c1/C(=N/NC(=O)c1ccncc1)CCC2. The van der Waals surface area contributed by atoms with Gasteiger partial charge in [0.15, 0.2) is 5.76 Å². The van der Waals surface area contributed by atoms with E-state index in [2.05, 4.69) is 20.8 Å². The number of amides is 2. The van der Waals surface area contributed by atoms with E-state index in [1.807, 2.05) is 0 Å². The van der Waals surface area contributed by atoms with Crippen LogP contribution < -0.4 is 10.7 Å². The van der Waals surface area contributed by atoms with Crippen molar-refractivity contribution in [2.45, 2.75) is 32.4 Å². The van der Waals surface area contributed by atoms with Gasteiger partial charge in [0.05, 0.1) is 22.0 Å². The predicted octanol–water partition coefficient (Wildman–Crippen LogP) is 5.38. The third kappa shape index (κ3) is 4.81. The van der Waals surface area contributed by atoms with Crippen molar-refractivity contribution in [2.75, 3.05) is 5.32 Å². The fourth-order valence-corrected chi connectivity index (χ4v) is 3.82. The van der Waals surface area contributed by atoms with Gasteiger partial charge in [-0.05, 0) is 50.1 Å². The van der Waals surface area contributed by atoms with Crippen molar-refractivity contribution in [2.24, 2.45) is 5.10 Å². The van der Waals surface area contributed by atoms with E-state index in [4.69, 9.17) is 16.0 Å². The van der Waals surface area contributed by atoms with Gasteiger partial charge in [-0.2, -0.15) is 18.3 Å². The number of carbonyl (C=O) groups is 2. The second-order valence-corrected chi connectivity index (χ2v) is 8.00. The number of hydrazone groups is 1. The maximum absolute atomic E-state index is 13.0. The average Bonchev–Trinajstić information content (AvgIpc) is 3.16. The molecule has 2 aromatic heterocycles. The largest absolute Gasteiger partial charge is 0.455 e. The number of hydrogen-bond donors (Lipinski definition) is 2. The van der Waals surface area contributed by atoms with E-state index in [0.717, 1.165) is 18.2 Å². The Morgan fingerprint density at radius 2 is 1.85 bits per heavy atom. The Morgan fingerprint density at radius 1 is 1.12 bits per heavy atom. The third-order valence-corrected chi connectivity index (χ3v) is 5.64. The van der Waals surface area contributed by atoms with E-state index in [1.165, 1.54) is 12.4 Å². The van der Waals surface area contributed by atoms with Crippen molar-refractivity contribution >= 4 is 34.8 Å². The lowest BCUT2D eigenvalue weighted by Gasteiger charge is -2.13. The van der Waals surface area contributed by atoms with E-state index >= 15 is 0 Å². The van der Waals surface area contributed by atoms with Gasteiger partial charge >= 0.3 is 6.18 Å². The number of nitrogens with zero attached hydrogens (tertiary/aromatic N) is 2. The molecule has 0 fully saturated rings. The number of aromatic nitrogens is 1. The number of aryl methyl sites for hydroxylation is 1. The maximum atomic E-state index is 13.0. The predicted molar refractivity (Wildman–Crippen MR) is 119 cm³/mol. The van der Waals surface area contributed by atoms with Gasteiger partial charge < -0.3 is 9.73 Å². The van der Waals surface area contributed by atoms with Crippen LogP contribution in [0, 0.1) is 6.92 Å². The summed E-state index contributed by atoms with van der Waals surface area (Å²) in [7, 11) is 0. The van der Waals surface area contributed by atoms with E-state index in [0.29, 0.717) is 47.4 Å². The average molecular weight is 491 g/mol. The number of hydrogen-bond acceptors (Lipinski definition) is 5. The number of pyridine rings is 1. The van der Waals surface area contributed by atoms with Gasteiger partial charge in [0.1, 0.15) is 5.76 Å². The monoisotopic (exact) mass is 490 g/mol. The van der Waals surface area contributed by atoms with Crippen LogP contribution in [-0.2, 0) is 12.6 Å². The summed E-state index contributed by atoms with van der Waals surface area (Å²) in [6, 6.07) is 5.76. The van der Waals surface area contributed by atoms with Crippen molar-refractivity contribution in [3.63, 3.8) is 0 Å². The molecule has 2 heterocycles. The minimum absolute atomic E-state index is 0.0450. The van der Waals surface area contributed by atoms with Gasteiger partial charge in [-0.15, -0.1) is 0 Å². The number of nitrogens with one attached hydrogen (secondary N) is 2. The highest BCUT2D eigenvalue weighted by molar-refractivity contribution is 6.34. The molecule has 2 amide bonds. The summed E-state index contributed by atoms with van der Waals surface area (Å²) in [5, 5.41) is 6.58. The zero-order chi connectivity index (χ0) is 24.5. The fourth-order valence-electron chi connectivity index (χ4n) is 3.66. The number of furan rings is 1. The third-order valence-electron chi connectivity index (χ3n) is 5.31. The van der Waals surface area contributed by atoms with Crippen LogP contribution in [0.1, 0.15) is 56.2 Å². The molecule has 1 aliphatic carbocycles. The molecule has 34 heavy (non-hydrogen) atoms. The molecule has 0 saturated carbocycles. The summed E-state index contributed by atoms with van der Waals surface area (Å²) >= 11 is 5.99. The Morgan fingerprint density at radius 3 is 2.56 bits per heavy atom. The van der Waals surface area contributed by atoms with Crippen molar-refractivity contribution in [1.82, 2.24) is 10.4 Å². The molecule has 11 heteroatoms. The Bertz CT molecular complexity index is 1290. The van der Waals surface area contributed by atoms with Crippen LogP contribution in [0.2, 0.25) is 5.02 Å². The maximum Gasteiger partial charge on any atom is 0.416 e. The normalized spacial score (nSPS) is 14.6. The Kier molecular flexibility index (Phi) is 6.43. The van der Waals surface area contributed by atoms with Gasteiger partial charge in [0, 0.05) is 35.5 Å². The first-order chi connectivity index (χ1) is 16.1. The number of rotatable bonds is 4. The summed E-state index contributed by atoms with van der Waals surface area (Å²) in [4.78, 5) is 29.0. The summed E-state index contributed by atoms with van der Waals surface area (Å²) < 4.78 is 44.9. The molecule has 0 atom stereocenters. The molecule has 4 rings (SSSR count). The molecule has 0 saturated heterocycles. The van der Waals surface area contributed by atoms with Crippen LogP contribution in [-0.4, -0.2) is 22.5 Å². The summed E-state index contributed by atoms with van der Waals surface area (Å²) in [5.41, 5.74) is 3.36. The summed E-state index contributed by atoms with van der Waals surface area (Å²) in [5.74, 6) is -0.705. The lowest BCUT2D eigenvalue weighted by Crippen LogP contribution is -2.22. The van der Waals surface area contributed by atoms with Crippen LogP contribution in [0.4, 0.5) is 18.9 Å². The van der Waals surface area contributed by atoms with E-state index < -0.39 is 23.6 Å². The van der Waals surface area contributed by atoms with E-state index in [9.17, 15) is 22.8 Å². The molecule has 3 aromatic rings. The van der Waals surface area contributed by atoms with Crippen LogP contribution >= 0.6 is 11.6 Å². The second-order valence-electron chi connectivity index (χ2n) is 7.59. The van der Waals surface area contributed by atoms with Crippen molar-refractivity contribution in [1.29, 1.82) is 0 Å². The quantitative estimate of drug-likeness (QED) is 0.480. The van der Waals surface area contributed by atoms with Crippen molar-refractivity contribution in [3.05, 3.63) is 81.5 Å². The number of alkyl halides is 3. The highest BCUT2D eigenvalue weighted by Gasteiger charge is 2.32. The van der Waals surface area contributed by atoms with Gasteiger partial charge in [-0.25, -0.2) is 5.43 Å². The summed E-state index contributed by atoms with van der Waals surface area (Å²) in [6.45, 7) is 1.65. The molecule has 1 aliphatic rings. The molecule has 2 N–H and O–H groups in total. The molecule has 0 aliphatic heterocycles. The minimum Gasteiger partial charge on any atom is -0.455 e. The fraction of sp³-hybridized carbons (Fsp3) is 0.217. The Labute approximate surface area is 197 Å². The summed E-state index contributed by atoms with van der Waals surface area (Å²) in [6.07, 6.45) is 0.168. The molecule has 176 valence electrons. The van der Waals surface area contributed by atoms with E-state index in [1.54, 1.807) is 19.1 Å². The van der Waals surface area contributed by atoms with Crippen molar-refractivity contribution < 1.29 is 27.2 Å². The molecule has 0 radical (unpaired) electrons. The van der Waals surface area contributed by atoms with Crippen LogP contribution in [0.5, 0.6) is 0 Å². The molecule has 0 spiro atoms. The first kappa shape index (κ1) is 23.5. The van der Waals surface area contributed by atoms with Crippen LogP contribution in [0.3, 0.4) is 0 Å². The topological polar surface area (TPSA) is 96.6 Å². The lowest BCUT2D eigenvalue weighted by molar-refractivity contribution is -0.137. The highest BCUT2D eigenvalue weighted by atomic mass is 35.5. The number of halogens is 4. The van der Waals surface area contributed by atoms with Gasteiger partial charge in [0.2, 0.25) is 0 Å². The van der Waals surface area contributed by atoms with Crippen molar-refractivity contribution in [3.8, 4) is 0 Å². The smallest absolute Gasteiger partial charge is 0.416 e. The molecular formula is C23H18ClF3N4O3. The lowest BCUT2D eigenvalue weighted by atomic mass is 9.93. The zero-order valence-electron chi connectivity index (χ0n) is 17.8. The molecule has 0 unspecified atom stereocenters. The highest BCUT2D eigenvalue weighted by Crippen LogP contribution is 2.35. The van der Waals surface area contributed by atoms with Crippen LogP contribution in [0.15, 0.2) is 52.2 Å². The first-order valence-corrected chi connectivity index (χ1v) is 10.6. The standard InChI is InChI=1S/C23H18ClF3N4O3/c1-12-19-16(30-31-21(32)13-7-9-28-10-8-13)3-2-4-18(19)34-20(12)22(33)29-17-11-14(23(25,26)27)5-6-15(17)24/h5-11H,2-4H2,1H3,(H,29,33)(H,31,32)/b30-16+. The van der Waals surface area contributed by atoms with Gasteiger partial charge in [-0.1, -0.05) is 11.6 Å².